The third kappa shape index (κ3) is 9.73. The van der Waals surface area contributed by atoms with Gasteiger partial charge < -0.3 is 29.9 Å². The summed E-state index contributed by atoms with van der Waals surface area (Å²) in [5, 5.41) is 36.9. The summed E-state index contributed by atoms with van der Waals surface area (Å²) in [4.78, 5) is 0. The minimum Gasteiger partial charge on any atom is -0.394 e. The summed E-state index contributed by atoms with van der Waals surface area (Å²) < 4.78 is 10.0. The van der Waals surface area contributed by atoms with Gasteiger partial charge in [0.1, 0.15) is 24.4 Å². The molecule has 0 bridgehead atoms. The second-order valence-corrected chi connectivity index (χ2v) is 3.15. The summed E-state index contributed by atoms with van der Waals surface area (Å²) >= 11 is 0. The second kappa shape index (κ2) is 17.4. The fourth-order valence-corrected chi connectivity index (χ4v) is 1.37. The Kier molecular flexibility index (Phi) is 30.2. The Morgan fingerprint density at radius 1 is 0.944 bits per heavy atom. The number of rotatable bonds is 3. The summed E-state index contributed by atoms with van der Waals surface area (Å²) in [5.74, 6) is 0. The Labute approximate surface area is 250 Å². The molecule has 1 fully saturated rings. The number of hydrogen-bond acceptors (Lipinski definition) is 6. The average Bonchev–Trinajstić information content (AvgIpc) is 2.19. The molecule has 0 aromatic rings. The van der Waals surface area contributed by atoms with Crippen LogP contribution in [0.2, 0.25) is 0 Å². The monoisotopic (exact) mass is 1120 g/mol. The Balaban J connectivity index is -0.000000245. The third-order valence-electron chi connectivity index (χ3n) is 2.18. The molecule has 1 saturated heterocycles. The van der Waals surface area contributed by atoms with Gasteiger partial charge in [0.25, 0.3) is 0 Å². The van der Waals surface area contributed by atoms with Gasteiger partial charge in [-0.2, -0.15) is 0 Å². The minimum absolute atomic E-state index is 0. The first kappa shape index (κ1) is 31.3. The van der Waals surface area contributed by atoms with Crippen LogP contribution in [0.15, 0.2) is 0 Å². The Morgan fingerprint density at radius 2 is 1.44 bits per heavy atom. The van der Waals surface area contributed by atoms with E-state index in [1.54, 1.807) is 6.92 Å². The van der Waals surface area contributed by atoms with E-state index in [4.69, 9.17) is 14.6 Å². The predicted molar refractivity (Wildman–Crippen MR) is 45.4 cm³/mol. The smallest absolute Gasteiger partial charge is 0.186 e. The summed E-state index contributed by atoms with van der Waals surface area (Å²) in [6, 6.07) is 0. The van der Waals surface area contributed by atoms with Crippen molar-refractivity contribution in [2.75, 3.05) is 13.2 Å². The molecule has 0 aromatic carbocycles. The Morgan fingerprint density at radius 3 is 1.83 bits per heavy atom. The molecule has 0 aliphatic carbocycles. The van der Waals surface area contributed by atoms with Gasteiger partial charge in [-0.1, -0.05) is 0 Å². The van der Waals surface area contributed by atoms with E-state index in [9.17, 15) is 15.3 Å². The van der Waals surface area contributed by atoms with Crippen molar-refractivity contribution >= 4 is 0 Å². The molecule has 1 aliphatic heterocycles. The zero-order valence-corrected chi connectivity index (χ0v) is 29.2. The summed E-state index contributed by atoms with van der Waals surface area (Å²) in [7, 11) is 0. The van der Waals surface area contributed by atoms with Crippen molar-refractivity contribution in [2.24, 2.45) is 0 Å². The molecule has 6 nitrogen and oxygen atoms in total. The molecule has 96 valence electrons. The molecule has 1 rings (SSSR count). The summed E-state index contributed by atoms with van der Waals surface area (Å²) in [6.45, 7) is 1.58. The number of aliphatic hydroxyl groups excluding tert-OH is 4. The molecule has 10 heteroatoms. The normalized spacial score (nSPS) is 34.2. The number of aliphatic hydroxyl groups is 4. The van der Waals surface area contributed by atoms with Crippen molar-refractivity contribution in [3.05, 3.63) is 0 Å². The maximum absolute atomic E-state index is 9.41. The zero-order valence-electron chi connectivity index (χ0n) is 10.2. The molecular weight excluding hydrogens is 1100 g/mol. The van der Waals surface area contributed by atoms with Crippen LogP contribution in [0.1, 0.15) is 6.92 Å². The van der Waals surface area contributed by atoms with Crippen molar-refractivity contribution in [1.82, 2.24) is 0 Å². The predicted octanol–water partition coefficient (Wildman–Crippen LogP) is -2.18. The molecule has 5 atom stereocenters. The van der Waals surface area contributed by atoms with Gasteiger partial charge in [-0.25, -0.2) is 0 Å². The first-order chi connectivity index (χ1) is 6.61. The summed E-state index contributed by atoms with van der Waals surface area (Å²) in [6.07, 6.45) is -5.89. The SMILES string of the molecule is CCO[C@H]1OC(CO)[C@H](O)[C@H](O)C1O.[Ac].[Ac].[Ac].[Ac]. The van der Waals surface area contributed by atoms with Gasteiger partial charge in [-0.15, -0.1) is 0 Å². The molecule has 1 heterocycles. The third-order valence-corrected chi connectivity index (χ3v) is 2.18. The number of ether oxygens (including phenoxy) is 2. The topological polar surface area (TPSA) is 99.4 Å². The molecule has 18 heavy (non-hydrogen) atoms. The van der Waals surface area contributed by atoms with Crippen LogP contribution in [0, 0.1) is 176 Å². The first-order valence-electron chi connectivity index (χ1n) is 4.54. The van der Waals surface area contributed by atoms with E-state index in [1.807, 2.05) is 0 Å². The standard InChI is InChI=1S/C8H16O6.4Ac/c1-2-13-8-7(12)6(11)5(10)4(3-9)14-8;;;;/h4-12H,2-3H2,1H3;;;;/t4?,5-,6-,7?,8-;;;;/m0..../s1. The van der Waals surface area contributed by atoms with Gasteiger partial charge >= 0.3 is 0 Å². The van der Waals surface area contributed by atoms with Gasteiger partial charge in [0.2, 0.25) is 0 Å². The molecule has 0 aromatic heterocycles. The van der Waals surface area contributed by atoms with Crippen molar-refractivity contribution in [3.63, 3.8) is 0 Å². The van der Waals surface area contributed by atoms with Gasteiger partial charge in [0.15, 0.2) is 6.29 Å². The van der Waals surface area contributed by atoms with Crippen molar-refractivity contribution in [1.29, 1.82) is 0 Å². The fraction of sp³-hybridized carbons (Fsp3) is 1.00. The minimum atomic E-state index is -1.36. The van der Waals surface area contributed by atoms with Crippen LogP contribution in [0.3, 0.4) is 0 Å². The van der Waals surface area contributed by atoms with Crippen LogP contribution in [0.25, 0.3) is 0 Å². The van der Waals surface area contributed by atoms with Gasteiger partial charge in [0, 0.05) is 183 Å². The second-order valence-electron chi connectivity index (χ2n) is 3.15. The van der Waals surface area contributed by atoms with E-state index in [2.05, 4.69) is 0 Å². The van der Waals surface area contributed by atoms with E-state index in [1.165, 1.54) is 0 Å². The average molecular weight is 1120 g/mol. The molecule has 0 spiro atoms. The number of hydrogen-bond donors (Lipinski definition) is 4. The van der Waals surface area contributed by atoms with E-state index >= 15 is 0 Å². The Bertz CT molecular complexity index is 185. The van der Waals surface area contributed by atoms with Crippen LogP contribution < -0.4 is 0 Å². The van der Waals surface area contributed by atoms with Gasteiger partial charge in [-0.05, 0) is 6.92 Å². The van der Waals surface area contributed by atoms with Gasteiger partial charge in [0.05, 0.1) is 6.61 Å². The molecule has 2 unspecified atom stereocenters. The van der Waals surface area contributed by atoms with E-state index in [-0.39, 0.29) is 176 Å². The molecule has 4 radical (unpaired) electrons. The Hall–Kier alpha value is 5.53. The van der Waals surface area contributed by atoms with E-state index < -0.39 is 37.3 Å². The quantitative estimate of drug-likeness (QED) is 0.257. The van der Waals surface area contributed by atoms with Crippen LogP contribution in [0.5, 0.6) is 0 Å². The van der Waals surface area contributed by atoms with Crippen LogP contribution in [-0.2, 0) is 9.47 Å². The van der Waals surface area contributed by atoms with Crippen LogP contribution in [0.4, 0.5) is 0 Å². The maximum atomic E-state index is 9.41. The van der Waals surface area contributed by atoms with Gasteiger partial charge in [-0.3, -0.25) is 0 Å². The largest absolute Gasteiger partial charge is 0.394 e. The van der Waals surface area contributed by atoms with Crippen molar-refractivity contribution in [2.45, 2.75) is 37.6 Å². The molecule has 0 amide bonds. The maximum Gasteiger partial charge on any atom is 0.186 e. The molecule has 1 aliphatic rings. The zero-order chi connectivity index (χ0) is 10.7. The van der Waals surface area contributed by atoms with E-state index in [0.29, 0.717) is 6.61 Å². The van der Waals surface area contributed by atoms with Crippen LogP contribution >= 0.6 is 0 Å². The van der Waals surface area contributed by atoms with Crippen molar-refractivity contribution in [3.8, 4) is 0 Å². The van der Waals surface area contributed by atoms with Crippen molar-refractivity contribution < 1.29 is 206 Å². The van der Waals surface area contributed by atoms with Crippen LogP contribution in [-0.4, -0.2) is 64.3 Å². The fourth-order valence-electron chi connectivity index (χ4n) is 1.37. The molecule has 4 N–H and O–H groups in total. The molecular formula is C8H16Ac4O6. The first-order valence-corrected chi connectivity index (χ1v) is 4.54. The summed E-state index contributed by atoms with van der Waals surface area (Å²) in [5.41, 5.74) is 0. The molecule has 0 saturated carbocycles. The van der Waals surface area contributed by atoms with E-state index in [0.717, 1.165) is 0 Å².